The molecule has 0 radical (unpaired) electrons. The van der Waals surface area contributed by atoms with Crippen LogP contribution in [0.3, 0.4) is 0 Å². The Morgan fingerprint density at radius 2 is 1.75 bits per heavy atom. The number of hydrogen-bond donors (Lipinski definition) is 4. The molecule has 1 aliphatic rings. The number of H-pyrrole nitrogens is 1. The molecule has 9 heteroatoms. The molecule has 0 amide bonds. The second-order valence-corrected chi connectivity index (χ2v) is 14.5. The molecule has 1 atom stereocenters. The highest BCUT2D eigenvalue weighted by atomic mass is 32.2. The Morgan fingerprint density at radius 1 is 0.917 bits per heavy atom. The van der Waals surface area contributed by atoms with Crippen LogP contribution in [0.5, 0.6) is 0 Å². The van der Waals surface area contributed by atoms with Crippen molar-refractivity contribution in [3.63, 3.8) is 0 Å². The average molecular weight is 666 g/mol. The molecular formula is C39H47N5O3S. The lowest BCUT2D eigenvalue weighted by Crippen LogP contribution is -2.23. The predicted octanol–water partition coefficient (Wildman–Crippen LogP) is 7.83. The van der Waals surface area contributed by atoms with Crippen LogP contribution < -0.4 is 14.9 Å². The van der Waals surface area contributed by atoms with Crippen molar-refractivity contribution in [3.05, 3.63) is 114 Å². The zero-order valence-electron chi connectivity index (χ0n) is 27.8. The van der Waals surface area contributed by atoms with Gasteiger partial charge in [-0.05, 0) is 115 Å². The summed E-state index contributed by atoms with van der Waals surface area (Å²) in [5.41, 5.74) is 6.68. The third kappa shape index (κ3) is 8.45. The zero-order valence-corrected chi connectivity index (χ0v) is 28.6. The summed E-state index contributed by atoms with van der Waals surface area (Å²) in [6.45, 7) is 4.17. The molecule has 0 saturated heterocycles. The highest BCUT2D eigenvalue weighted by molar-refractivity contribution is 7.92. The lowest BCUT2D eigenvalue weighted by atomic mass is 10.1. The van der Waals surface area contributed by atoms with Gasteiger partial charge in [0.2, 0.25) is 0 Å². The molecule has 0 fully saturated rings. The fourth-order valence-corrected chi connectivity index (χ4v) is 7.56. The number of fused-ring (bicyclic) bond motifs is 2. The smallest absolute Gasteiger partial charge is 0.261 e. The van der Waals surface area contributed by atoms with Gasteiger partial charge in [-0.3, -0.25) is 4.72 Å². The Hall–Kier alpha value is -4.18. The standard InChI is InChI=1S/C39H47N5O3S/c1-2-3-4-5-6-7-9-33-10-8-11-39(42-33)44-25-22-31-27-35(17-19-37(31)44)48(46,47)43-34-15-12-29(13-16-34)20-23-40-28-38(45)32-14-18-36-30(26-32)21-24-41-36/h8,10-19,21,24,26-27,38,40-41,43,45H,2-7,9,20,22-23,25,28H2,1H3. The number of pyridine rings is 1. The topological polar surface area (TPSA) is 110 Å². The van der Waals surface area contributed by atoms with Crippen LogP contribution in [0.4, 0.5) is 17.2 Å². The van der Waals surface area contributed by atoms with Crippen molar-refractivity contribution in [1.82, 2.24) is 15.3 Å². The zero-order chi connectivity index (χ0) is 33.3. The SMILES string of the molecule is CCCCCCCCc1cccc(N2CCc3cc(S(=O)(=O)Nc4ccc(CCNCC(O)c5ccc6[nH]ccc6c5)cc4)ccc32)n1. The van der Waals surface area contributed by atoms with E-state index in [9.17, 15) is 13.5 Å². The molecule has 252 valence electrons. The molecule has 0 aliphatic carbocycles. The number of benzene rings is 3. The van der Waals surface area contributed by atoms with Crippen LogP contribution in [0, 0.1) is 0 Å². The van der Waals surface area contributed by atoms with Gasteiger partial charge >= 0.3 is 0 Å². The Labute approximate surface area is 284 Å². The van der Waals surface area contributed by atoms with Crippen LogP contribution >= 0.6 is 0 Å². The summed E-state index contributed by atoms with van der Waals surface area (Å²) in [6.07, 6.45) is 11.4. The van der Waals surface area contributed by atoms with Crippen LogP contribution in [0.25, 0.3) is 10.9 Å². The molecule has 1 aliphatic heterocycles. The van der Waals surface area contributed by atoms with Gasteiger partial charge in [-0.1, -0.05) is 63.3 Å². The summed E-state index contributed by atoms with van der Waals surface area (Å²) in [5, 5.41) is 15.0. The van der Waals surface area contributed by atoms with Gasteiger partial charge in [0.15, 0.2) is 0 Å². The second-order valence-electron chi connectivity index (χ2n) is 12.8. The van der Waals surface area contributed by atoms with Gasteiger partial charge in [0.25, 0.3) is 10.0 Å². The number of aliphatic hydroxyl groups is 1. The Kier molecular flexibility index (Phi) is 11.1. The summed E-state index contributed by atoms with van der Waals surface area (Å²) in [6, 6.07) is 27.0. The molecular weight excluding hydrogens is 619 g/mol. The summed E-state index contributed by atoms with van der Waals surface area (Å²) in [5.74, 6) is 0.923. The fraction of sp³-hybridized carbons (Fsp3) is 0.359. The number of aromatic nitrogens is 2. The van der Waals surface area contributed by atoms with Crippen molar-refractivity contribution in [2.24, 2.45) is 0 Å². The largest absolute Gasteiger partial charge is 0.387 e. The molecule has 5 aromatic rings. The number of aromatic amines is 1. The van der Waals surface area contributed by atoms with Crippen molar-refractivity contribution in [3.8, 4) is 0 Å². The molecule has 0 spiro atoms. The Balaban J connectivity index is 0.992. The Morgan fingerprint density at radius 3 is 2.60 bits per heavy atom. The number of aryl methyl sites for hydroxylation is 1. The lowest BCUT2D eigenvalue weighted by molar-refractivity contribution is 0.175. The first-order valence-electron chi connectivity index (χ1n) is 17.3. The van der Waals surface area contributed by atoms with E-state index in [1.807, 2.05) is 54.7 Å². The molecule has 0 bridgehead atoms. The number of nitrogens with zero attached hydrogens (tertiary/aromatic N) is 2. The number of sulfonamides is 1. The van der Waals surface area contributed by atoms with Gasteiger partial charge in [0.05, 0.1) is 11.0 Å². The lowest BCUT2D eigenvalue weighted by Gasteiger charge is -2.19. The minimum Gasteiger partial charge on any atom is -0.387 e. The van der Waals surface area contributed by atoms with Gasteiger partial charge in [-0.15, -0.1) is 0 Å². The van der Waals surface area contributed by atoms with Crippen molar-refractivity contribution >= 4 is 38.1 Å². The van der Waals surface area contributed by atoms with Gasteiger partial charge in [0.1, 0.15) is 5.82 Å². The quantitative estimate of drug-likeness (QED) is 0.0754. The summed E-state index contributed by atoms with van der Waals surface area (Å²) < 4.78 is 29.4. The number of nitrogens with one attached hydrogen (secondary N) is 3. The monoisotopic (exact) mass is 665 g/mol. The minimum absolute atomic E-state index is 0.260. The normalized spacial score (nSPS) is 13.6. The first kappa shape index (κ1) is 33.7. The number of anilines is 3. The van der Waals surface area contributed by atoms with E-state index in [1.54, 1.807) is 24.3 Å². The first-order valence-corrected chi connectivity index (χ1v) is 18.8. The molecule has 6 rings (SSSR count). The van der Waals surface area contributed by atoms with Crippen LogP contribution in [0.2, 0.25) is 0 Å². The van der Waals surface area contributed by atoms with Gasteiger partial charge < -0.3 is 20.3 Å². The Bertz CT molecular complexity index is 1900. The molecule has 0 saturated carbocycles. The van der Waals surface area contributed by atoms with E-state index < -0.39 is 16.1 Å². The average Bonchev–Trinajstić information content (AvgIpc) is 3.75. The van der Waals surface area contributed by atoms with E-state index in [0.29, 0.717) is 18.8 Å². The molecule has 3 aromatic carbocycles. The van der Waals surface area contributed by atoms with Crippen molar-refractivity contribution in [1.29, 1.82) is 0 Å². The van der Waals surface area contributed by atoms with Crippen LogP contribution in [-0.4, -0.2) is 43.1 Å². The van der Waals surface area contributed by atoms with Gasteiger partial charge in [-0.2, -0.15) is 0 Å². The molecule has 1 unspecified atom stereocenters. The van der Waals surface area contributed by atoms with E-state index in [4.69, 9.17) is 4.98 Å². The van der Waals surface area contributed by atoms with Gasteiger partial charge in [-0.25, -0.2) is 13.4 Å². The highest BCUT2D eigenvalue weighted by Crippen LogP contribution is 2.35. The molecule has 3 heterocycles. The summed E-state index contributed by atoms with van der Waals surface area (Å²) in [7, 11) is -3.75. The molecule has 4 N–H and O–H groups in total. The minimum atomic E-state index is -3.75. The van der Waals surface area contributed by atoms with Crippen LogP contribution in [0.1, 0.15) is 73.9 Å². The number of hydrogen-bond acceptors (Lipinski definition) is 6. The van der Waals surface area contributed by atoms with E-state index in [1.165, 1.54) is 32.1 Å². The van der Waals surface area contributed by atoms with Crippen molar-refractivity contribution < 1.29 is 13.5 Å². The van der Waals surface area contributed by atoms with Gasteiger partial charge in [0, 0.05) is 41.9 Å². The maximum Gasteiger partial charge on any atom is 0.261 e. The second kappa shape index (κ2) is 15.8. The van der Waals surface area contributed by atoms with Crippen molar-refractivity contribution in [2.45, 2.75) is 75.7 Å². The number of aliphatic hydroxyl groups excluding tert-OH is 1. The van der Waals surface area contributed by atoms with Crippen LogP contribution in [0.15, 0.2) is 96.0 Å². The summed E-state index contributed by atoms with van der Waals surface area (Å²) >= 11 is 0. The summed E-state index contributed by atoms with van der Waals surface area (Å²) in [4.78, 5) is 10.6. The van der Waals surface area contributed by atoms with Crippen LogP contribution in [-0.2, 0) is 29.3 Å². The molecule has 8 nitrogen and oxygen atoms in total. The molecule has 2 aromatic heterocycles. The third-order valence-electron chi connectivity index (χ3n) is 9.21. The van der Waals surface area contributed by atoms with E-state index >= 15 is 0 Å². The maximum absolute atomic E-state index is 13.3. The third-order valence-corrected chi connectivity index (χ3v) is 10.6. The number of unbranched alkanes of at least 4 members (excludes halogenated alkanes) is 5. The molecule has 48 heavy (non-hydrogen) atoms. The highest BCUT2D eigenvalue weighted by Gasteiger charge is 2.25. The van der Waals surface area contributed by atoms with E-state index in [-0.39, 0.29) is 4.90 Å². The maximum atomic E-state index is 13.3. The first-order chi connectivity index (χ1) is 23.4. The fourth-order valence-electron chi connectivity index (χ4n) is 6.45. The predicted molar refractivity (Wildman–Crippen MR) is 196 cm³/mol. The van der Waals surface area contributed by atoms with Crippen molar-refractivity contribution in [2.75, 3.05) is 29.3 Å². The van der Waals surface area contributed by atoms with E-state index in [2.05, 4.69) is 39.0 Å². The number of rotatable bonds is 17. The van der Waals surface area contributed by atoms with E-state index in [0.717, 1.165) is 77.0 Å².